The van der Waals surface area contributed by atoms with Gasteiger partial charge in [0, 0.05) is 30.2 Å². The lowest BCUT2D eigenvalue weighted by Gasteiger charge is -2.15. The van der Waals surface area contributed by atoms with Crippen molar-refractivity contribution in [1.82, 2.24) is 24.7 Å². The Kier molecular flexibility index (Phi) is 3.45. The molecule has 3 heterocycles. The van der Waals surface area contributed by atoms with Gasteiger partial charge in [-0.15, -0.1) is 10.2 Å². The lowest BCUT2D eigenvalue weighted by molar-refractivity contribution is 0.515. The van der Waals surface area contributed by atoms with Crippen molar-refractivity contribution < 1.29 is 0 Å². The molecule has 0 atom stereocenters. The molecule has 0 spiro atoms. The molecule has 1 saturated carbocycles. The van der Waals surface area contributed by atoms with E-state index in [1.165, 1.54) is 0 Å². The van der Waals surface area contributed by atoms with Crippen LogP contribution in [0, 0.1) is 0 Å². The van der Waals surface area contributed by atoms with Crippen LogP contribution in [0.2, 0.25) is 0 Å². The zero-order valence-electron chi connectivity index (χ0n) is 12.5. The van der Waals surface area contributed by atoms with Crippen molar-refractivity contribution in [2.45, 2.75) is 31.7 Å². The molecule has 1 fully saturated rings. The number of hydrogen-bond acceptors (Lipinski definition) is 6. The summed E-state index contributed by atoms with van der Waals surface area (Å²) in [4.78, 5) is 20.8. The van der Waals surface area contributed by atoms with Crippen LogP contribution in [-0.2, 0) is 0 Å². The van der Waals surface area contributed by atoms with Gasteiger partial charge in [0.1, 0.15) is 5.52 Å². The lowest BCUT2D eigenvalue weighted by Crippen LogP contribution is -2.24. The molecule has 0 saturated heterocycles. The number of nitrogens with zero attached hydrogens (tertiary/aromatic N) is 5. The molecular formula is C16H16N6O. The summed E-state index contributed by atoms with van der Waals surface area (Å²) in [6, 6.07) is 7.08. The normalized spacial score (nSPS) is 15.1. The van der Waals surface area contributed by atoms with Gasteiger partial charge in [-0.3, -0.25) is 14.3 Å². The molecule has 0 aliphatic heterocycles. The third kappa shape index (κ3) is 2.65. The second kappa shape index (κ2) is 5.75. The summed E-state index contributed by atoms with van der Waals surface area (Å²) in [5.41, 5.74) is 2.03. The molecule has 0 radical (unpaired) electrons. The maximum Gasteiger partial charge on any atom is 0.252 e. The number of hydrogen-bond donors (Lipinski definition) is 1. The summed E-state index contributed by atoms with van der Waals surface area (Å²) < 4.78 is 1.77. The Morgan fingerprint density at radius 2 is 1.83 bits per heavy atom. The number of nitrogens with one attached hydrogen (secondary N) is 1. The smallest absolute Gasteiger partial charge is 0.252 e. The lowest BCUT2D eigenvalue weighted by atomic mass is 10.2. The fourth-order valence-electron chi connectivity index (χ4n) is 3.08. The van der Waals surface area contributed by atoms with Gasteiger partial charge in [0.05, 0.1) is 0 Å². The van der Waals surface area contributed by atoms with E-state index in [9.17, 15) is 4.79 Å². The summed E-state index contributed by atoms with van der Waals surface area (Å²) in [5, 5.41) is 11.4. The van der Waals surface area contributed by atoms with Gasteiger partial charge in [-0.2, -0.15) is 4.98 Å². The zero-order chi connectivity index (χ0) is 15.6. The van der Waals surface area contributed by atoms with Crippen LogP contribution >= 0.6 is 0 Å². The van der Waals surface area contributed by atoms with E-state index in [0.717, 1.165) is 31.4 Å². The predicted octanol–water partition coefficient (Wildman–Crippen LogP) is 2.44. The van der Waals surface area contributed by atoms with E-state index < -0.39 is 0 Å². The maximum absolute atomic E-state index is 12.3. The SMILES string of the molecule is O=c1ccc2nnc(Nc3ccncc3)nc2n1C1CCCC1. The predicted molar refractivity (Wildman–Crippen MR) is 86.6 cm³/mol. The number of anilines is 2. The first-order valence-electron chi connectivity index (χ1n) is 7.74. The summed E-state index contributed by atoms with van der Waals surface area (Å²) in [5.74, 6) is 0.376. The van der Waals surface area contributed by atoms with Gasteiger partial charge in [-0.1, -0.05) is 12.8 Å². The van der Waals surface area contributed by atoms with Crippen molar-refractivity contribution in [3.8, 4) is 0 Å². The first-order chi connectivity index (χ1) is 11.3. The van der Waals surface area contributed by atoms with E-state index in [4.69, 9.17) is 0 Å². The molecule has 0 bridgehead atoms. The molecule has 4 rings (SSSR count). The molecule has 3 aromatic rings. The minimum absolute atomic E-state index is 0.0280. The van der Waals surface area contributed by atoms with E-state index in [2.05, 4.69) is 25.5 Å². The summed E-state index contributed by atoms with van der Waals surface area (Å²) in [6.07, 6.45) is 7.69. The van der Waals surface area contributed by atoms with E-state index in [1.807, 2.05) is 12.1 Å². The molecule has 0 amide bonds. The third-order valence-electron chi connectivity index (χ3n) is 4.17. The first-order valence-corrected chi connectivity index (χ1v) is 7.74. The fourth-order valence-corrected chi connectivity index (χ4v) is 3.08. The Hall–Kier alpha value is -2.83. The minimum Gasteiger partial charge on any atom is -0.323 e. The van der Waals surface area contributed by atoms with Gasteiger partial charge in [-0.25, -0.2) is 0 Å². The van der Waals surface area contributed by atoms with Crippen LogP contribution < -0.4 is 10.9 Å². The van der Waals surface area contributed by atoms with Crippen LogP contribution in [0.3, 0.4) is 0 Å². The molecule has 0 unspecified atom stereocenters. The van der Waals surface area contributed by atoms with Crippen molar-refractivity contribution in [2.24, 2.45) is 0 Å². The number of aromatic nitrogens is 5. The van der Waals surface area contributed by atoms with Crippen molar-refractivity contribution in [1.29, 1.82) is 0 Å². The standard InChI is InChI=1S/C16H16N6O/c23-14-6-5-13-15(22(14)12-3-1-2-4-12)19-16(21-20-13)18-11-7-9-17-10-8-11/h5-10,12H,1-4H2,(H,17,18,19,21). The summed E-state index contributed by atoms with van der Waals surface area (Å²) in [6.45, 7) is 0. The van der Waals surface area contributed by atoms with Crippen LogP contribution in [0.15, 0.2) is 41.5 Å². The molecule has 0 aromatic carbocycles. The van der Waals surface area contributed by atoms with Crippen molar-refractivity contribution >= 4 is 22.8 Å². The summed E-state index contributed by atoms with van der Waals surface area (Å²) in [7, 11) is 0. The van der Waals surface area contributed by atoms with Crippen molar-refractivity contribution in [3.63, 3.8) is 0 Å². The van der Waals surface area contributed by atoms with Crippen LogP contribution in [0.1, 0.15) is 31.7 Å². The van der Waals surface area contributed by atoms with Crippen LogP contribution in [-0.4, -0.2) is 24.7 Å². The number of rotatable bonds is 3. The van der Waals surface area contributed by atoms with Gasteiger partial charge in [-0.05, 0) is 31.0 Å². The van der Waals surface area contributed by atoms with E-state index >= 15 is 0 Å². The Morgan fingerprint density at radius 1 is 1.04 bits per heavy atom. The quantitative estimate of drug-likeness (QED) is 0.800. The molecule has 3 aromatic heterocycles. The average molecular weight is 308 g/mol. The second-order valence-corrected chi connectivity index (χ2v) is 5.68. The number of fused-ring (bicyclic) bond motifs is 1. The Labute approximate surface area is 132 Å². The molecule has 1 aliphatic carbocycles. The van der Waals surface area contributed by atoms with Crippen LogP contribution in [0.25, 0.3) is 11.2 Å². The highest BCUT2D eigenvalue weighted by Crippen LogP contribution is 2.30. The molecular weight excluding hydrogens is 292 g/mol. The van der Waals surface area contributed by atoms with Gasteiger partial charge in [0.2, 0.25) is 5.95 Å². The minimum atomic E-state index is -0.0280. The highest BCUT2D eigenvalue weighted by molar-refractivity contribution is 5.71. The molecule has 23 heavy (non-hydrogen) atoms. The summed E-state index contributed by atoms with van der Waals surface area (Å²) >= 11 is 0. The second-order valence-electron chi connectivity index (χ2n) is 5.68. The topological polar surface area (TPSA) is 85.6 Å². The zero-order valence-corrected chi connectivity index (χ0v) is 12.5. The van der Waals surface area contributed by atoms with Gasteiger partial charge >= 0.3 is 0 Å². The van der Waals surface area contributed by atoms with Gasteiger partial charge in [0.25, 0.3) is 5.56 Å². The molecule has 116 valence electrons. The highest BCUT2D eigenvalue weighted by atomic mass is 16.1. The molecule has 7 heteroatoms. The Bertz CT molecular complexity index is 886. The highest BCUT2D eigenvalue weighted by Gasteiger charge is 2.21. The van der Waals surface area contributed by atoms with E-state index in [1.54, 1.807) is 29.1 Å². The Morgan fingerprint density at radius 3 is 2.61 bits per heavy atom. The van der Waals surface area contributed by atoms with Crippen molar-refractivity contribution in [3.05, 3.63) is 47.0 Å². The monoisotopic (exact) mass is 308 g/mol. The largest absolute Gasteiger partial charge is 0.323 e. The number of pyridine rings is 2. The molecule has 1 N–H and O–H groups in total. The Balaban J connectivity index is 1.80. The molecule has 7 nitrogen and oxygen atoms in total. The maximum atomic E-state index is 12.3. The van der Waals surface area contributed by atoms with E-state index in [0.29, 0.717) is 17.1 Å². The third-order valence-corrected chi connectivity index (χ3v) is 4.17. The van der Waals surface area contributed by atoms with Crippen LogP contribution in [0.5, 0.6) is 0 Å². The van der Waals surface area contributed by atoms with Gasteiger partial charge in [0.15, 0.2) is 5.65 Å². The van der Waals surface area contributed by atoms with Gasteiger partial charge < -0.3 is 5.32 Å². The first kappa shape index (κ1) is 13.8. The fraction of sp³-hybridized carbons (Fsp3) is 0.312. The molecule has 1 aliphatic rings. The average Bonchev–Trinajstić information content (AvgIpc) is 3.09. The van der Waals surface area contributed by atoms with E-state index in [-0.39, 0.29) is 11.6 Å². The van der Waals surface area contributed by atoms with Crippen molar-refractivity contribution in [2.75, 3.05) is 5.32 Å². The van der Waals surface area contributed by atoms with Crippen LogP contribution in [0.4, 0.5) is 11.6 Å².